The fourth-order valence-corrected chi connectivity index (χ4v) is 2.27. The van der Waals surface area contributed by atoms with Gasteiger partial charge in [-0.1, -0.05) is 13.8 Å². The van der Waals surface area contributed by atoms with Crippen LogP contribution in [0.15, 0.2) is 12.1 Å². The lowest BCUT2D eigenvalue weighted by atomic mass is 9.86. The summed E-state index contributed by atoms with van der Waals surface area (Å²) in [5.41, 5.74) is 2.08. The van der Waals surface area contributed by atoms with Gasteiger partial charge >= 0.3 is 0 Å². The van der Waals surface area contributed by atoms with E-state index in [0.717, 1.165) is 17.8 Å². The summed E-state index contributed by atoms with van der Waals surface area (Å²) >= 11 is 0. The Morgan fingerprint density at radius 2 is 2.13 bits per heavy atom. The Bertz CT molecular complexity index is 457. The second-order valence-electron chi connectivity index (χ2n) is 4.70. The molecule has 2 rings (SSSR count). The average Bonchev–Trinajstić information content (AvgIpc) is 2.36. The number of benzene rings is 1. The number of likely N-dealkylation sites (N-methyl/N-ethyl adjacent to an activating group) is 1. The molecule has 15 heavy (non-hydrogen) atoms. The van der Waals surface area contributed by atoms with Crippen molar-refractivity contribution in [1.29, 1.82) is 5.26 Å². The lowest BCUT2D eigenvalue weighted by Crippen LogP contribution is -2.24. The largest absolute Gasteiger partial charge is 0.373 e. The Morgan fingerprint density at radius 3 is 2.73 bits per heavy atom. The molecule has 0 radical (unpaired) electrons. The maximum atomic E-state index is 13.4. The summed E-state index contributed by atoms with van der Waals surface area (Å²) in [4.78, 5) is 2.03. The zero-order valence-electron chi connectivity index (χ0n) is 9.13. The molecule has 0 spiro atoms. The molecule has 0 fully saturated rings. The van der Waals surface area contributed by atoms with Crippen LogP contribution in [0.25, 0.3) is 0 Å². The average molecular weight is 204 g/mol. The predicted molar refractivity (Wildman–Crippen MR) is 57.4 cm³/mol. The fraction of sp³-hybridized carbons (Fsp3) is 0.417. The summed E-state index contributed by atoms with van der Waals surface area (Å²) < 4.78 is 13.4. The lowest BCUT2D eigenvalue weighted by molar-refractivity contribution is 0.562. The van der Waals surface area contributed by atoms with Crippen molar-refractivity contribution in [2.45, 2.75) is 19.3 Å². The van der Waals surface area contributed by atoms with Gasteiger partial charge in [-0.2, -0.15) is 5.26 Å². The highest BCUT2D eigenvalue weighted by molar-refractivity contribution is 5.64. The van der Waals surface area contributed by atoms with Crippen molar-refractivity contribution < 1.29 is 4.39 Å². The second-order valence-corrected chi connectivity index (χ2v) is 4.70. The maximum absolute atomic E-state index is 13.4. The van der Waals surface area contributed by atoms with Crippen molar-refractivity contribution in [1.82, 2.24) is 0 Å². The van der Waals surface area contributed by atoms with E-state index < -0.39 is 5.82 Å². The summed E-state index contributed by atoms with van der Waals surface area (Å²) in [5.74, 6) is -0.430. The lowest BCUT2D eigenvalue weighted by Gasteiger charge is -2.18. The van der Waals surface area contributed by atoms with Crippen LogP contribution in [-0.4, -0.2) is 13.6 Å². The molecule has 1 aromatic rings. The van der Waals surface area contributed by atoms with Gasteiger partial charge in [0.1, 0.15) is 11.9 Å². The Hall–Kier alpha value is -1.56. The fourth-order valence-electron chi connectivity index (χ4n) is 2.27. The first-order valence-corrected chi connectivity index (χ1v) is 4.91. The number of nitrogens with zero attached hydrogens (tertiary/aromatic N) is 2. The van der Waals surface area contributed by atoms with Crippen LogP contribution in [0.1, 0.15) is 25.0 Å². The molecular formula is C12H13FN2. The molecule has 0 amide bonds. The standard InChI is InChI=1S/C12H13FN2/c1-12(2)7-15(3)11-5-10(13)8(6-14)4-9(11)12/h4-5H,7H2,1-3H3. The van der Waals surface area contributed by atoms with Crippen LogP contribution in [0.3, 0.4) is 0 Å². The molecule has 3 heteroatoms. The summed E-state index contributed by atoms with van der Waals surface area (Å²) in [6.45, 7) is 5.07. The maximum Gasteiger partial charge on any atom is 0.143 e. The number of hydrogen-bond acceptors (Lipinski definition) is 2. The zero-order chi connectivity index (χ0) is 11.2. The summed E-state index contributed by atoms with van der Waals surface area (Å²) in [6.07, 6.45) is 0. The number of halogens is 1. The highest BCUT2D eigenvalue weighted by Crippen LogP contribution is 2.40. The number of hydrogen-bond donors (Lipinski definition) is 0. The number of nitriles is 1. The van der Waals surface area contributed by atoms with E-state index in [0.29, 0.717) is 0 Å². The van der Waals surface area contributed by atoms with Crippen molar-refractivity contribution in [3.8, 4) is 6.07 Å². The van der Waals surface area contributed by atoms with Crippen molar-refractivity contribution in [3.05, 3.63) is 29.1 Å². The zero-order valence-corrected chi connectivity index (χ0v) is 9.13. The van der Waals surface area contributed by atoms with Gasteiger partial charge in [-0.15, -0.1) is 0 Å². The van der Waals surface area contributed by atoms with Gasteiger partial charge in [-0.25, -0.2) is 4.39 Å². The van der Waals surface area contributed by atoms with Crippen molar-refractivity contribution in [3.63, 3.8) is 0 Å². The van der Waals surface area contributed by atoms with E-state index in [-0.39, 0.29) is 11.0 Å². The predicted octanol–water partition coefficient (Wildman–Crippen LogP) is 2.42. The van der Waals surface area contributed by atoms with E-state index in [1.807, 2.05) is 18.0 Å². The Kier molecular flexibility index (Phi) is 1.97. The van der Waals surface area contributed by atoms with E-state index in [1.165, 1.54) is 6.07 Å². The van der Waals surface area contributed by atoms with Gasteiger partial charge in [0.05, 0.1) is 5.56 Å². The van der Waals surface area contributed by atoms with Crippen LogP contribution in [0, 0.1) is 17.1 Å². The van der Waals surface area contributed by atoms with Crippen LogP contribution >= 0.6 is 0 Å². The molecule has 0 aromatic heterocycles. The molecule has 0 unspecified atom stereocenters. The molecule has 2 nitrogen and oxygen atoms in total. The van der Waals surface area contributed by atoms with Crippen LogP contribution in [0.4, 0.5) is 10.1 Å². The van der Waals surface area contributed by atoms with Crippen molar-refractivity contribution >= 4 is 5.69 Å². The first-order valence-electron chi connectivity index (χ1n) is 4.91. The molecule has 0 N–H and O–H groups in total. The summed E-state index contributed by atoms with van der Waals surface area (Å²) in [5, 5.41) is 8.78. The molecule has 0 saturated carbocycles. The monoisotopic (exact) mass is 204 g/mol. The quantitative estimate of drug-likeness (QED) is 0.649. The molecule has 1 aliphatic rings. The van der Waals surface area contributed by atoms with E-state index in [4.69, 9.17) is 5.26 Å². The molecule has 1 aromatic carbocycles. The number of anilines is 1. The molecule has 1 aliphatic heterocycles. The Morgan fingerprint density at radius 1 is 1.47 bits per heavy atom. The van der Waals surface area contributed by atoms with Gasteiger partial charge in [0.2, 0.25) is 0 Å². The molecule has 0 bridgehead atoms. The topological polar surface area (TPSA) is 27.0 Å². The SMILES string of the molecule is CN1CC(C)(C)c2cc(C#N)c(F)cc21. The second kappa shape index (κ2) is 2.96. The molecule has 1 heterocycles. The third-order valence-electron chi connectivity index (χ3n) is 2.98. The number of rotatable bonds is 0. The van der Waals surface area contributed by atoms with Gasteiger partial charge in [0.25, 0.3) is 0 Å². The van der Waals surface area contributed by atoms with Crippen LogP contribution < -0.4 is 4.90 Å². The highest BCUT2D eigenvalue weighted by atomic mass is 19.1. The van der Waals surface area contributed by atoms with E-state index in [1.54, 1.807) is 6.07 Å². The summed E-state index contributed by atoms with van der Waals surface area (Å²) in [6, 6.07) is 5.02. The van der Waals surface area contributed by atoms with Crippen LogP contribution in [0.2, 0.25) is 0 Å². The molecule has 0 atom stereocenters. The minimum Gasteiger partial charge on any atom is -0.373 e. The van der Waals surface area contributed by atoms with Gasteiger partial charge in [0.15, 0.2) is 0 Å². The van der Waals surface area contributed by atoms with Crippen LogP contribution in [-0.2, 0) is 5.41 Å². The van der Waals surface area contributed by atoms with Gasteiger partial charge in [0, 0.05) is 24.7 Å². The van der Waals surface area contributed by atoms with Gasteiger partial charge in [-0.3, -0.25) is 0 Å². The van der Waals surface area contributed by atoms with E-state index >= 15 is 0 Å². The van der Waals surface area contributed by atoms with Crippen molar-refractivity contribution in [2.24, 2.45) is 0 Å². The first kappa shape index (κ1) is 9.97. The number of fused-ring (bicyclic) bond motifs is 1. The minimum atomic E-state index is -0.430. The molecule has 0 saturated heterocycles. The molecule has 0 aliphatic carbocycles. The normalized spacial score (nSPS) is 17.4. The Balaban J connectivity index is 2.67. The Labute approximate surface area is 88.9 Å². The van der Waals surface area contributed by atoms with E-state index in [2.05, 4.69) is 13.8 Å². The molecular weight excluding hydrogens is 191 g/mol. The van der Waals surface area contributed by atoms with E-state index in [9.17, 15) is 4.39 Å². The smallest absolute Gasteiger partial charge is 0.143 e. The van der Waals surface area contributed by atoms with Gasteiger partial charge in [-0.05, 0) is 17.7 Å². The van der Waals surface area contributed by atoms with Gasteiger partial charge < -0.3 is 4.90 Å². The third-order valence-corrected chi connectivity index (χ3v) is 2.98. The third kappa shape index (κ3) is 1.37. The highest BCUT2D eigenvalue weighted by Gasteiger charge is 2.34. The van der Waals surface area contributed by atoms with Crippen molar-refractivity contribution in [2.75, 3.05) is 18.5 Å². The first-order chi connectivity index (χ1) is 6.95. The summed E-state index contributed by atoms with van der Waals surface area (Å²) in [7, 11) is 1.94. The van der Waals surface area contributed by atoms with Crippen LogP contribution in [0.5, 0.6) is 0 Å². The minimum absolute atomic E-state index is 0.0105. The molecule has 78 valence electrons.